The summed E-state index contributed by atoms with van der Waals surface area (Å²) in [5.74, 6) is 2.54. The van der Waals surface area contributed by atoms with Gasteiger partial charge in [-0.2, -0.15) is 5.10 Å². The van der Waals surface area contributed by atoms with Gasteiger partial charge in [-0.05, 0) is 47.2 Å². The molecule has 9 nitrogen and oxygen atoms in total. The van der Waals surface area contributed by atoms with Crippen LogP contribution in [0.3, 0.4) is 0 Å². The molecule has 3 aromatic heterocycles. The van der Waals surface area contributed by atoms with Crippen molar-refractivity contribution in [2.75, 3.05) is 10.0 Å². The molecule has 10 heteroatoms. The molecule has 0 aliphatic carbocycles. The number of aromatic nitrogens is 4. The van der Waals surface area contributed by atoms with Gasteiger partial charge >= 0.3 is 0 Å². The predicted molar refractivity (Wildman–Crippen MR) is 134 cm³/mol. The number of carbonyl (C=O) groups is 1. The van der Waals surface area contributed by atoms with Crippen LogP contribution < -0.4 is 10.0 Å². The fourth-order valence-corrected chi connectivity index (χ4v) is 4.47. The van der Waals surface area contributed by atoms with Crippen molar-refractivity contribution in [2.24, 2.45) is 0 Å². The molecule has 4 aromatic rings. The molecule has 1 amide bonds. The number of benzene rings is 1. The van der Waals surface area contributed by atoms with E-state index in [1.165, 1.54) is 17.6 Å². The molecule has 1 aromatic carbocycles. The Hall–Kier alpha value is -4.23. The first kappa shape index (κ1) is 23.9. The predicted octanol–water partition coefficient (Wildman–Crippen LogP) is 3.83. The summed E-state index contributed by atoms with van der Waals surface area (Å²) in [5.41, 5.74) is 2.82. The van der Waals surface area contributed by atoms with E-state index in [-0.39, 0.29) is 27.6 Å². The number of imidazole rings is 1. The zero-order chi connectivity index (χ0) is 25.4. The average molecular weight is 489 g/mol. The smallest absolute Gasteiger partial charge is 0.261 e. The van der Waals surface area contributed by atoms with E-state index in [0.29, 0.717) is 22.7 Å². The zero-order valence-corrected chi connectivity index (χ0v) is 20.5. The number of nitrogens with zero attached hydrogens (tertiary/aromatic N) is 4. The van der Waals surface area contributed by atoms with E-state index in [1.54, 1.807) is 48.7 Å². The number of carbonyl (C=O) groups excluding carboxylic acids is 1. The number of pyridine rings is 1. The van der Waals surface area contributed by atoms with E-state index in [9.17, 15) is 13.2 Å². The van der Waals surface area contributed by atoms with Crippen LogP contribution in [-0.2, 0) is 20.2 Å². The molecule has 0 saturated heterocycles. The van der Waals surface area contributed by atoms with E-state index in [0.717, 1.165) is 5.56 Å². The summed E-state index contributed by atoms with van der Waals surface area (Å²) in [5, 5.41) is 7.10. The molecule has 0 saturated carbocycles. The van der Waals surface area contributed by atoms with Crippen molar-refractivity contribution in [3.05, 3.63) is 66.1 Å². The molecule has 35 heavy (non-hydrogen) atoms. The van der Waals surface area contributed by atoms with Gasteiger partial charge in [0, 0.05) is 18.7 Å². The maximum absolute atomic E-state index is 13.1. The number of nitrogens with one attached hydrogen (secondary N) is 2. The summed E-state index contributed by atoms with van der Waals surface area (Å²) in [6.07, 6.45) is 8.67. The summed E-state index contributed by atoms with van der Waals surface area (Å²) in [7, 11) is -3.91. The van der Waals surface area contributed by atoms with Crippen molar-refractivity contribution in [1.82, 2.24) is 19.6 Å². The highest BCUT2D eigenvalue weighted by Crippen LogP contribution is 2.27. The SMILES string of the molecule is C#Cc1ncc(-c2ccc3nc(NC(C)=O)cn3n2)cc1NS(=O)(=O)c1ccc(C(C)(C)C)cc1. The van der Waals surface area contributed by atoms with E-state index < -0.39 is 10.0 Å². The third-order valence-electron chi connectivity index (χ3n) is 5.22. The minimum absolute atomic E-state index is 0.100. The third kappa shape index (κ3) is 5.15. The second kappa shape index (κ2) is 8.85. The van der Waals surface area contributed by atoms with Crippen LogP contribution in [0.5, 0.6) is 0 Å². The van der Waals surface area contributed by atoms with Crippen LogP contribution in [0.4, 0.5) is 11.5 Å². The van der Waals surface area contributed by atoms with Crippen molar-refractivity contribution in [3.63, 3.8) is 0 Å². The molecule has 4 rings (SSSR count). The van der Waals surface area contributed by atoms with Crippen molar-refractivity contribution >= 4 is 33.1 Å². The van der Waals surface area contributed by atoms with Gasteiger partial charge in [-0.25, -0.2) is 22.9 Å². The van der Waals surface area contributed by atoms with Gasteiger partial charge in [-0.3, -0.25) is 9.52 Å². The first-order valence-electron chi connectivity index (χ1n) is 10.7. The first-order chi connectivity index (χ1) is 16.5. The Balaban J connectivity index is 1.67. The number of hydrogen-bond donors (Lipinski definition) is 2. The van der Waals surface area contributed by atoms with Crippen LogP contribution >= 0.6 is 0 Å². The fourth-order valence-electron chi connectivity index (χ4n) is 3.41. The van der Waals surface area contributed by atoms with Gasteiger partial charge in [0.2, 0.25) is 5.91 Å². The van der Waals surface area contributed by atoms with Gasteiger partial charge in [0.05, 0.1) is 22.5 Å². The Kier molecular flexibility index (Phi) is 6.05. The molecular weight excluding hydrogens is 464 g/mol. The highest BCUT2D eigenvalue weighted by atomic mass is 32.2. The van der Waals surface area contributed by atoms with E-state index in [2.05, 4.69) is 51.8 Å². The Bertz CT molecular complexity index is 1580. The van der Waals surface area contributed by atoms with Crippen molar-refractivity contribution < 1.29 is 13.2 Å². The summed E-state index contributed by atoms with van der Waals surface area (Å²) >= 11 is 0. The van der Waals surface area contributed by atoms with Crippen LogP contribution in [0, 0.1) is 12.3 Å². The minimum Gasteiger partial charge on any atom is -0.310 e. The Morgan fingerprint density at radius 1 is 1.11 bits per heavy atom. The molecular formula is C25H24N6O3S. The van der Waals surface area contributed by atoms with Crippen LogP contribution in [0.25, 0.3) is 16.9 Å². The molecule has 0 spiro atoms. The zero-order valence-electron chi connectivity index (χ0n) is 19.7. The largest absolute Gasteiger partial charge is 0.310 e. The number of terminal acetylenes is 1. The molecule has 3 heterocycles. The van der Waals surface area contributed by atoms with Gasteiger partial charge in [0.15, 0.2) is 11.5 Å². The average Bonchev–Trinajstić information content (AvgIpc) is 3.19. The van der Waals surface area contributed by atoms with Crippen LogP contribution in [0.15, 0.2) is 59.8 Å². The normalized spacial score (nSPS) is 11.7. The quantitative estimate of drug-likeness (QED) is 0.412. The summed E-state index contributed by atoms with van der Waals surface area (Å²) in [4.78, 5) is 19.9. The molecule has 0 bridgehead atoms. The van der Waals surface area contributed by atoms with Crippen LogP contribution in [-0.4, -0.2) is 33.9 Å². The molecule has 0 aliphatic heterocycles. The van der Waals surface area contributed by atoms with Crippen molar-refractivity contribution in [3.8, 4) is 23.6 Å². The maximum atomic E-state index is 13.1. The topological polar surface area (TPSA) is 118 Å². The van der Waals surface area contributed by atoms with Crippen LogP contribution in [0.1, 0.15) is 39.0 Å². The minimum atomic E-state index is -3.91. The number of fused-ring (bicyclic) bond motifs is 1. The molecule has 0 atom stereocenters. The van der Waals surface area contributed by atoms with Gasteiger partial charge in [0.25, 0.3) is 10.0 Å². The van der Waals surface area contributed by atoms with Gasteiger partial charge < -0.3 is 5.32 Å². The number of amides is 1. The first-order valence-corrected chi connectivity index (χ1v) is 12.2. The Labute approximate surface area is 203 Å². The maximum Gasteiger partial charge on any atom is 0.261 e. The highest BCUT2D eigenvalue weighted by molar-refractivity contribution is 7.92. The molecule has 2 N–H and O–H groups in total. The Morgan fingerprint density at radius 2 is 1.83 bits per heavy atom. The summed E-state index contributed by atoms with van der Waals surface area (Å²) < 4.78 is 30.2. The lowest BCUT2D eigenvalue weighted by Crippen LogP contribution is -2.16. The molecule has 0 unspecified atom stereocenters. The lowest BCUT2D eigenvalue weighted by Gasteiger charge is -2.19. The van der Waals surface area contributed by atoms with Gasteiger partial charge in [-0.15, -0.1) is 6.42 Å². The molecule has 0 radical (unpaired) electrons. The highest BCUT2D eigenvalue weighted by Gasteiger charge is 2.20. The third-order valence-corrected chi connectivity index (χ3v) is 6.60. The lowest BCUT2D eigenvalue weighted by molar-refractivity contribution is -0.114. The van der Waals surface area contributed by atoms with Gasteiger partial charge in [-0.1, -0.05) is 32.9 Å². The Morgan fingerprint density at radius 3 is 2.46 bits per heavy atom. The second-order valence-corrected chi connectivity index (χ2v) is 10.7. The van der Waals surface area contributed by atoms with E-state index in [1.807, 2.05) is 0 Å². The van der Waals surface area contributed by atoms with Crippen LogP contribution in [0.2, 0.25) is 0 Å². The number of rotatable bonds is 5. The number of hydrogen-bond acceptors (Lipinski definition) is 6. The molecule has 0 fully saturated rings. The van der Waals surface area contributed by atoms with Crippen molar-refractivity contribution in [2.45, 2.75) is 38.0 Å². The standard InChI is InChI=1S/C25H24N6O3S/c1-6-20-22(30-35(33,34)19-9-7-18(8-10-19)25(3,4)5)13-17(14-26-20)21-11-12-24-28-23(27-16(2)32)15-31(24)29-21/h1,7-15,30H,2-5H3,(H,27,32). The monoisotopic (exact) mass is 488 g/mol. The number of sulfonamides is 1. The summed E-state index contributed by atoms with van der Waals surface area (Å²) in [6.45, 7) is 7.56. The second-order valence-electron chi connectivity index (χ2n) is 8.97. The van der Waals surface area contributed by atoms with E-state index >= 15 is 0 Å². The summed E-state index contributed by atoms with van der Waals surface area (Å²) in [6, 6.07) is 11.8. The fraction of sp³-hybridized carbons (Fsp3) is 0.200. The molecule has 0 aliphatic rings. The molecule has 178 valence electrons. The lowest BCUT2D eigenvalue weighted by atomic mass is 9.87. The number of anilines is 2. The van der Waals surface area contributed by atoms with E-state index in [4.69, 9.17) is 6.42 Å². The van der Waals surface area contributed by atoms with Gasteiger partial charge in [0.1, 0.15) is 5.69 Å². The van der Waals surface area contributed by atoms with Crippen molar-refractivity contribution in [1.29, 1.82) is 0 Å².